The number of barbiturate groups is 1. The molecule has 0 atom stereocenters. The molecule has 8 heteroatoms. The number of imide groups is 2. The Hall–Kier alpha value is -2.57. The second kappa shape index (κ2) is 6.38. The van der Waals surface area contributed by atoms with Crippen LogP contribution in [-0.4, -0.2) is 22.4 Å². The average molecular weight is 378 g/mol. The van der Waals surface area contributed by atoms with E-state index in [-0.39, 0.29) is 16.3 Å². The summed E-state index contributed by atoms with van der Waals surface area (Å²) in [6.07, 6.45) is 1.44. The van der Waals surface area contributed by atoms with Crippen molar-refractivity contribution in [2.24, 2.45) is 7.05 Å². The molecule has 1 aromatic heterocycles. The highest BCUT2D eigenvalue weighted by atomic mass is 35.5. The van der Waals surface area contributed by atoms with E-state index in [1.807, 2.05) is 24.6 Å². The van der Waals surface area contributed by atoms with Crippen LogP contribution in [0.4, 0.5) is 10.5 Å². The standard InChI is InChI=1S/C17H13Cl2N3O3/c1-9-3-5-11(21(9)2)8-12-15(23)20-17(25)22(16(12)24)14-6-4-10(18)7-13(14)19/h3-8H,1-2H3,(H,20,23,25)/b12-8+. The van der Waals surface area contributed by atoms with Crippen molar-refractivity contribution in [2.45, 2.75) is 6.92 Å². The third kappa shape index (κ3) is 3.06. The van der Waals surface area contributed by atoms with Crippen LogP contribution in [0, 0.1) is 6.92 Å². The van der Waals surface area contributed by atoms with Crippen LogP contribution in [-0.2, 0) is 16.6 Å². The Morgan fingerprint density at radius 3 is 2.40 bits per heavy atom. The van der Waals surface area contributed by atoms with E-state index in [2.05, 4.69) is 5.32 Å². The lowest BCUT2D eigenvalue weighted by Crippen LogP contribution is -2.54. The lowest BCUT2D eigenvalue weighted by Gasteiger charge is -2.27. The van der Waals surface area contributed by atoms with Gasteiger partial charge >= 0.3 is 6.03 Å². The summed E-state index contributed by atoms with van der Waals surface area (Å²) in [6.45, 7) is 1.90. The average Bonchev–Trinajstić information content (AvgIpc) is 2.85. The number of benzene rings is 1. The predicted molar refractivity (Wildman–Crippen MR) is 95.6 cm³/mol. The molecule has 1 aliphatic rings. The second-order valence-corrected chi connectivity index (χ2v) is 6.36. The number of carbonyl (C=O) groups is 3. The maximum atomic E-state index is 12.8. The Bertz CT molecular complexity index is 947. The van der Waals surface area contributed by atoms with Crippen molar-refractivity contribution in [3.63, 3.8) is 0 Å². The molecule has 1 aliphatic heterocycles. The zero-order chi connectivity index (χ0) is 18.3. The monoisotopic (exact) mass is 377 g/mol. The van der Waals surface area contributed by atoms with Crippen LogP contribution in [0.1, 0.15) is 11.4 Å². The summed E-state index contributed by atoms with van der Waals surface area (Å²) in [7, 11) is 1.81. The zero-order valence-corrected chi connectivity index (χ0v) is 14.9. The number of hydrogen-bond acceptors (Lipinski definition) is 3. The van der Waals surface area contributed by atoms with Gasteiger partial charge in [0.05, 0.1) is 10.7 Å². The Labute approximate surface area is 153 Å². The normalized spacial score (nSPS) is 16.6. The van der Waals surface area contributed by atoms with Gasteiger partial charge in [-0.2, -0.15) is 0 Å². The first-order valence-corrected chi connectivity index (χ1v) is 8.04. The molecular weight excluding hydrogens is 365 g/mol. The number of carbonyl (C=O) groups excluding carboxylic acids is 3. The number of aromatic nitrogens is 1. The summed E-state index contributed by atoms with van der Waals surface area (Å²) in [4.78, 5) is 37.9. The highest BCUT2D eigenvalue weighted by Gasteiger charge is 2.37. The quantitative estimate of drug-likeness (QED) is 0.644. The molecule has 0 radical (unpaired) electrons. The van der Waals surface area contributed by atoms with E-state index < -0.39 is 17.8 Å². The molecule has 1 aromatic carbocycles. The van der Waals surface area contributed by atoms with E-state index in [1.54, 1.807) is 6.07 Å². The van der Waals surface area contributed by atoms with Crippen LogP contribution < -0.4 is 10.2 Å². The Morgan fingerprint density at radius 2 is 1.80 bits per heavy atom. The fourth-order valence-electron chi connectivity index (χ4n) is 2.46. The smallest absolute Gasteiger partial charge is 0.335 e. The maximum Gasteiger partial charge on any atom is 0.335 e. The van der Waals surface area contributed by atoms with Crippen molar-refractivity contribution < 1.29 is 14.4 Å². The number of nitrogens with one attached hydrogen (secondary N) is 1. The number of rotatable bonds is 2. The van der Waals surface area contributed by atoms with E-state index in [1.165, 1.54) is 24.3 Å². The van der Waals surface area contributed by atoms with Crippen LogP contribution in [0.15, 0.2) is 35.9 Å². The van der Waals surface area contributed by atoms with Gasteiger partial charge in [-0.15, -0.1) is 0 Å². The minimum Gasteiger partial charge on any atom is -0.348 e. The third-order valence-electron chi connectivity index (χ3n) is 3.96. The summed E-state index contributed by atoms with van der Waals surface area (Å²) in [5.74, 6) is -1.51. The number of aryl methyl sites for hydroxylation is 1. The van der Waals surface area contributed by atoms with Gasteiger partial charge in [0.1, 0.15) is 5.57 Å². The topological polar surface area (TPSA) is 71.4 Å². The number of urea groups is 1. The van der Waals surface area contributed by atoms with Crippen LogP contribution >= 0.6 is 23.2 Å². The molecule has 6 nitrogen and oxygen atoms in total. The first kappa shape index (κ1) is 17.3. The molecule has 1 fully saturated rings. The van der Waals surface area contributed by atoms with E-state index in [9.17, 15) is 14.4 Å². The summed E-state index contributed by atoms with van der Waals surface area (Å²) in [6, 6.07) is 7.14. The molecule has 2 heterocycles. The van der Waals surface area contributed by atoms with Crippen molar-refractivity contribution >= 4 is 52.8 Å². The van der Waals surface area contributed by atoms with Gasteiger partial charge in [0, 0.05) is 23.5 Å². The van der Waals surface area contributed by atoms with Gasteiger partial charge in [-0.05, 0) is 43.3 Å². The molecule has 1 saturated heterocycles. The summed E-state index contributed by atoms with van der Waals surface area (Å²) >= 11 is 12.0. The molecule has 2 aromatic rings. The number of hydrogen-bond donors (Lipinski definition) is 1. The third-order valence-corrected chi connectivity index (χ3v) is 4.49. The van der Waals surface area contributed by atoms with Crippen LogP contribution in [0.2, 0.25) is 10.0 Å². The van der Waals surface area contributed by atoms with Gasteiger partial charge in [0.2, 0.25) is 0 Å². The van der Waals surface area contributed by atoms with E-state index in [4.69, 9.17) is 23.2 Å². The number of amides is 4. The maximum absolute atomic E-state index is 12.8. The lowest BCUT2D eigenvalue weighted by atomic mass is 10.1. The number of nitrogens with zero attached hydrogens (tertiary/aromatic N) is 2. The highest BCUT2D eigenvalue weighted by molar-refractivity contribution is 6.42. The van der Waals surface area contributed by atoms with Gasteiger partial charge < -0.3 is 4.57 Å². The molecule has 0 spiro atoms. The van der Waals surface area contributed by atoms with Gasteiger partial charge in [-0.25, -0.2) is 9.69 Å². The Kier molecular flexibility index (Phi) is 4.41. The van der Waals surface area contributed by atoms with Gasteiger partial charge in [-0.3, -0.25) is 14.9 Å². The Morgan fingerprint density at radius 1 is 1.08 bits per heavy atom. The van der Waals surface area contributed by atoms with Crippen molar-refractivity contribution in [2.75, 3.05) is 4.90 Å². The van der Waals surface area contributed by atoms with Gasteiger partial charge in [0.15, 0.2) is 0 Å². The fraction of sp³-hybridized carbons (Fsp3) is 0.118. The first-order valence-electron chi connectivity index (χ1n) is 7.28. The molecule has 3 rings (SSSR count). The molecule has 0 unspecified atom stereocenters. The molecule has 0 aliphatic carbocycles. The van der Waals surface area contributed by atoms with Gasteiger partial charge in [0.25, 0.3) is 11.8 Å². The minimum absolute atomic E-state index is 0.124. The van der Waals surface area contributed by atoms with Crippen LogP contribution in [0.5, 0.6) is 0 Å². The summed E-state index contributed by atoms with van der Waals surface area (Å²) in [5, 5.41) is 2.64. The van der Waals surface area contributed by atoms with Crippen molar-refractivity contribution in [1.29, 1.82) is 0 Å². The van der Waals surface area contributed by atoms with Crippen LogP contribution in [0.3, 0.4) is 0 Å². The lowest BCUT2D eigenvalue weighted by molar-refractivity contribution is -0.122. The van der Waals surface area contributed by atoms with E-state index >= 15 is 0 Å². The number of halogens is 2. The number of anilines is 1. The molecule has 4 amide bonds. The molecular formula is C17H13Cl2N3O3. The first-order chi connectivity index (χ1) is 11.8. The molecule has 25 heavy (non-hydrogen) atoms. The second-order valence-electron chi connectivity index (χ2n) is 5.51. The van der Waals surface area contributed by atoms with Crippen LogP contribution in [0.25, 0.3) is 6.08 Å². The molecule has 0 bridgehead atoms. The van der Waals surface area contributed by atoms with Crippen molar-refractivity contribution in [3.8, 4) is 0 Å². The van der Waals surface area contributed by atoms with E-state index in [0.717, 1.165) is 10.6 Å². The van der Waals surface area contributed by atoms with E-state index in [0.29, 0.717) is 10.7 Å². The summed E-state index contributed by atoms with van der Waals surface area (Å²) in [5.41, 5.74) is 1.61. The molecule has 128 valence electrons. The minimum atomic E-state index is -0.862. The predicted octanol–water partition coefficient (Wildman–Crippen LogP) is 3.31. The molecule has 1 N–H and O–H groups in total. The van der Waals surface area contributed by atoms with Crippen molar-refractivity contribution in [3.05, 3.63) is 57.3 Å². The van der Waals surface area contributed by atoms with Crippen molar-refractivity contribution in [1.82, 2.24) is 9.88 Å². The Balaban J connectivity index is 2.07. The summed E-state index contributed by atoms with van der Waals surface area (Å²) < 4.78 is 1.82. The van der Waals surface area contributed by atoms with Gasteiger partial charge in [-0.1, -0.05) is 23.2 Å². The highest BCUT2D eigenvalue weighted by Crippen LogP contribution is 2.31. The molecule has 0 saturated carbocycles. The largest absolute Gasteiger partial charge is 0.348 e. The SMILES string of the molecule is Cc1ccc(/C=C2\C(=O)NC(=O)N(c3ccc(Cl)cc3Cl)C2=O)n1C. The fourth-order valence-corrected chi connectivity index (χ4v) is 2.96. The zero-order valence-electron chi connectivity index (χ0n) is 13.3.